The molecular formula is C28H36N6O2. The van der Waals surface area contributed by atoms with Crippen LogP contribution in [0.3, 0.4) is 0 Å². The largest absolute Gasteiger partial charge is 0.379 e. The van der Waals surface area contributed by atoms with E-state index in [0.717, 1.165) is 57.0 Å². The molecule has 0 spiro atoms. The minimum Gasteiger partial charge on any atom is -0.379 e. The van der Waals surface area contributed by atoms with Gasteiger partial charge >= 0.3 is 0 Å². The first-order valence-electron chi connectivity index (χ1n) is 13.0. The lowest BCUT2D eigenvalue weighted by atomic mass is 9.90. The van der Waals surface area contributed by atoms with Gasteiger partial charge < -0.3 is 10.1 Å². The van der Waals surface area contributed by atoms with Crippen molar-refractivity contribution < 1.29 is 9.53 Å². The third kappa shape index (κ3) is 5.34. The molecule has 0 bridgehead atoms. The highest BCUT2D eigenvalue weighted by molar-refractivity contribution is 6.09. The van der Waals surface area contributed by atoms with Crippen LogP contribution in [-0.2, 0) is 4.74 Å². The fraction of sp³-hybridized carbons (Fsp3) is 0.500. The molecule has 5 rings (SSSR count). The van der Waals surface area contributed by atoms with Crippen molar-refractivity contribution >= 4 is 11.6 Å². The van der Waals surface area contributed by atoms with E-state index in [1.165, 1.54) is 11.1 Å². The molecule has 1 fully saturated rings. The number of allylic oxidation sites excluding steroid dienone is 2. The lowest BCUT2D eigenvalue weighted by molar-refractivity contribution is 0.0146. The highest BCUT2D eigenvalue weighted by Gasteiger charge is 2.25. The van der Waals surface area contributed by atoms with E-state index < -0.39 is 0 Å². The van der Waals surface area contributed by atoms with Crippen LogP contribution in [0.15, 0.2) is 53.3 Å². The number of carbonyl (C=O) groups excluding carboxylic acids is 1. The van der Waals surface area contributed by atoms with E-state index in [2.05, 4.69) is 58.4 Å². The molecule has 0 radical (unpaired) electrons. The van der Waals surface area contributed by atoms with Crippen LogP contribution in [0.5, 0.6) is 0 Å². The molecule has 2 atom stereocenters. The molecule has 1 aliphatic carbocycles. The second-order valence-corrected chi connectivity index (χ2v) is 10.1. The Balaban J connectivity index is 1.17. The first-order valence-corrected chi connectivity index (χ1v) is 13.0. The molecule has 1 saturated heterocycles. The van der Waals surface area contributed by atoms with Crippen LogP contribution < -0.4 is 5.32 Å². The van der Waals surface area contributed by atoms with Gasteiger partial charge in [-0.2, -0.15) is 5.10 Å². The molecule has 2 unspecified atom stereocenters. The number of rotatable bonds is 6. The molecule has 2 aromatic heterocycles. The number of dihydropyridines is 1. The number of nitrogens with one attached hydrogen (secondary N) is 1. The van der Waals surface area contributed by atoms with Gasteiger partial charge in [-0.05, 0) is 55.4 Å². The molecule has 36 heavy (non-hydrogen) atoms. The highest BCUT2D eigenvalue weighted by atomic mass is 16.5. The number of ether oxygens (including phenoxy) is 1. The summed E-state index contributed by atoms with van der Waals surface area (Å²) in [4.78, 5) is 24.9. The number of amides is 1. The molecule has 190 valence electrons. The molecule has 1 amide bonds. The van der Waals surface area contributed by atoms with Crippen LogP contribution >= 0.6 is 0 Å². The van der Waals surface area contributed by atoms with Crippen molar-refractivity contribution in [2.24, 2.45) is 4.99 Å². The Hall–Kier alpha value is -3.10. The van der Waals surface area contributed by atoms with Crippen molar-refractivity contribution in [1.29, 1.82) is 0 Å². The van der Waals surface area contributed by atoms with E-state index in [9.17, 15) is 4.79 Å². The van der Waals surface area contributed by atoms with Gasteiger partial charge in [0.15, 0.2) is 5.82 Å². The first-order chi connectivity index (χ1) is 17.5. The number of morpholine rings is 1. The zero-order chi connectivity index (χ0) is 25.1. The molecule has 0 aromatic carbocycles. The van der Waals surface area contributed by atoms with Gasteiger partial charge in [-0.15, -0.1) is 0 Å². The topological polar surface area (TPSA) is 84.6 Å². The fourth-order valence-electron chi connectivity index (χ4n) is 5.12. The Morgan fingerprint density at radius 3 is 2.67 bits per heavy atom. The molecule has 4 heterocycles. The normalized spacial score (nSPS) is 22.9. The van der Waals surface area contributed by atoms with Gasteiger partial charge in [0.1, 0.15) is 0 Å². The minimum absolute atomic E-state index is 0.127. The summed E-state index contributed by atoms with van der Waals surface area (Å²) in [7, 11) is 0. The van der Waals surface area contributed by atoms with Crippen molar-refractivity contribution in [3.63, 3.8) is 0 Å². The summed E-state index contributed by atoms with van der Waals surface area (Å²) >= 11 is 0. The van der Waals surface area contributed by atoms with Gasteiger partial charge in [0, 0.05) is 25.3 Å². The summed E-state index contributed by atoms with van der Waals surface area (Å²) < 4.78 is 7.20. The van der Waals surface area contributed by atoms with Crippen LogP contribution in [0.4, 0.5) is 0 Å². The third-order valence-corrected chi connectivity index (χ3v) is 7.44. The lowest BCUT2D eigenvalue weighted by Crippen LogP contribution is -2.44. The van der Waals surface area contributed by atoms with Gasteiger partial charge in [-0.1, -0.05) is 32.1 Å². The number of pyridine rings is 1. The van der Waals surface area contributed by atoms with Crippen LogP contribution in [0.25, 0.3) is 5.82 Å². The Morgan fingerprint density at radius 2 is 2.03 bits per heavy atom. The van der Waals surface area contributed by atoms with E-state index in [-0.39, 0.29) is 11.9 Å². The fourth-order valence-corrected chi connectivity index (χ4v) is 5.12. The summed E-state index contributed by atoms with van der Waals surface area (Å²) in [6.07, 6.45) is 13.2. The second kappa shape index (κ2) is 10.9. The third-order valence-electron chi connectivity index (χ3n) is 7.44. The molecule has 2 aliphatic heterocycles. The number of aromatic nitrogens is 3. The zero-order valence-corrected chi connectivity index (χ0v) is 21.5. The van der Waals surface area contributed by atoms with Crippen molar-refractivity contribution in [2.75, 3.05) is 32.8 Å². The van der Waals surface area contributed by atoms with E-state index in [0.29, 0.717) is 29.9 Å². The van der Waals surface area contributed by atoms with Gasteiger partial charge in [-0.25, -0.2) is 9.67 Å². The number of hydrogen-bond donors (Lipinski definition) is 1. The van der Waals surface area contributed by atoms with E-state index in [1.54, 1.807) is 10.9 Å². The number of carbonyl (C=O) groups is 1. The predicted molar refractivity (Wildman–Crippen MR) is 141 cm³/mol. The van der Waals surface area contributed by atoms with Crippen LogP contribution in [-0.4, -0.2) is 76.2 Å². The van der Waals surface area contributed by atoms with E-state index in [1.807, 2.05) is 19.2 Å². The Labute approximate surface area is 213 Å². The SMILES string of the molecule is Cc1c(C(=O)NC2C=CC(C3=CCC(N4CCOCC4)CC3)=NC2)cnn1-c1ccc(C(C)C)cn1. The highest BCUT2D eigenvalue weighted by Crippen LogP contribution is 2.25. The first kappa shape index (κ1) is 24.6. The monoisotopic (exact) mass is 488 g/mol. The zero-order valence-electron chi connectivity index (χ0n) is 21.5. The number of hydrogen-bond acceptors (Lipinski definition) is 6. The van der Waals surface area contributed by atoms with Gasteiger partial charge in [-0.3, -0.25) is 14.7 Å². The summed E-state index contributed by atoms with van der Waals surface area (Å²) in [5.41, 5.74) is 4.88. The van der Waals surface area contributed by atoms with Crippen molar-refractivity contribution in [3.8, 4) is 5.82 Å². The summed E-state index contributed by atoms with van der Waals surface area (Å²) in [6, 6.07) is 4.49. The Morgan fingerprint density at radius 1 is 1.19 bits per heavy atom. The maximum absolute atomic E-state index is 13.0. The average Bonchev–Trinajstić information content (AvgIpc) is 3.31. The molecule has 8 heteroatoms. The maximum Gasteiger partial charge on any atom is 0.255 e. The minimum atomic E-state index is -0.143. The Kier molecular flexibility index (Phi) is 7.43. The van der Waals surface area contributed by atoms with Gasteiger partial charge in [0.05, 0.1) is 49.0 Å². The maximum atomic E-state index is 13.0. The van der Waals surface area contributed by atoms with Gasteiger partial charge in [0.25, 0.3) is 5.91 Å². The molecule has 0 saturated carbocycles. The molecule has 3 aliphatic rings. The van der Waals surface area contributed by atoms with E-state index >= 15 is 0 Å². The molecular weight excluding hydrogens is 452 g/mol. The molecule has 2 aromatic rings. The van der Waals surface area contributed by atoms with Crippen LogP contribution in [0.1, 0.15) is 60.6 Å². The Bertz CT molecular complexity index is 1170. The van der Waals surface area contributed by atoms with E-state index in [4.69, 9.17) is 9.73 Å². The second-order valence-electron chi connectivity index (χ2n) is 10.1. The van der Waals surface area contributed by atoms with Crippen LogP contribution in [0.2, 0.25) is 0 Å². The standard InChI is InChI=1S/C28H36N6O2/c1-19(2)22-6-11-27(30-16-22)34-20(3)25(18-31-34)28(35)32-23-7-10-26(29-17-23)21-4-8-24(9-5-21)33-12-14-36-15-13-33/h4,6-7,10-11,16,18-19,23-24H,5,8-9,12-15,17H2,1-3H3,(H,32,35). The quantitative estimate of drug-likeness (QED) is 0.671. The predicted octanol–water partition coefficient (Wildman–Crippen LogP) is 3.62. The number of aliphatic imine (C=N–C) groups is 1. The molecule has 1 N–H and O–H groups in total. The van der Waals surface area contributed by atoms with Crippen molar-refractivity contribution in [2.45, 2.75) is 58.0 Å². The van der Waals surface area contributed by atoms with Crippen LogP contribution in [0, 0.1) is 6.92 Å². The van der Waals surface area contributed by atoms with Crippen molar-refractivity contribution in [1.82, 2.24) is 25.0 Å². The smallest absolute Gasteiger partial charge is 0.255 e. The van der Waals surface area contributed by atoms with Gasteiger partial charge in [0.2, 0.25) is 0 Å². The lowest BCUT2D eigenvalue weighted by Gasteiger charge is -2.36. The average molecular weight is 489 g/mol. The molecule has 8 nitrogen and oxygen atoms in total. The summed E-state index contributed by atoms with van der Waals surface area (Å²) in [5.74, 6) is 0.982. The summed E-state index contributed by atoms with van der Waals surface area (Å²) in [6.45, 7) is 10.5. The van der Waals surface area contributed by atoms with Crippen molar-refractivity contribution in [3.05, 3.63) is 65.1 Å². The summed E-state index contributed by atoms with van der Waals surface area (Å²) in [5, 5.41) is 7.51. The number of nitrogens with zero attached hydrogens (tertiary/aromatic N) is 5.